The molecule has 1 aliphatic carbocycles. The predicted molar refractivity (Wildman–Crippen MR) is 38.5 cm³/mol. The third kappa shape index (κ3) is 0.424. The van der Waals surface area contributed by atoms with E-state index in [1.807, 2.05) is 6.21 Å². The molecule has 1 heterocycles. The number of hydrogen-bond donors (Lipinski definition) is 0. The minimum absolute atomic E-state index is 1.07. The second-order valence-corrected chi connectivity index (χ2v) is 2.59. The van der Waals surface area contributed by atoms with Crippen molar-refractivity contribution in [3.63, 3.8) is 0 Å². The van der Waals surface area contributed by atoms with Crippen molar-refractivity contribution < 1.29 is 0 Å². The van der Waals surface area contributed by atoms with E-state index >= 15 is 0 Å². The summed E-state index contributed by atoms with van der Waals surface area (Å²) in [7, 11) is 0. The van der Waals surface area contributed by atoms with Gasteiger partial charge in [-0.05, 0) is 30.6 Å². The largest absolute Gasteiger partial charge is 0.260 e. The van der Waals surface area contributed by atoms with Crippen LogP contribution in [0, 0.1) is 0 Å². The summed E-state index contributed by atoms with van der Waals surface area (Å²) < 4.78 is 0. The highest BCUT2D eigenvalue weighted by molar-refractivity contribution is 5.78. The molecule has 0 bridgehead atoms. The molecule has 2 rings (SSSR count). The van der Waals surface area contributed by atoms with Gasteiger partial charge in [0.1, 0.15) is 0 Å². The van der Waals surface area contributed by atoms with Crippen molar-refractivity contribution in [3.05, 3.63) is 22.4 Å². The van der Waals surface area contributed by atoms with Gasteiger partial charge in [-0.3, -0.25) is 4.99 Å². The summed E-state index contributed by atoms with van der Waals surface area (Å²) in [5, 5.41) is 0. The molecular formula is C8H9N. The molecule has 1 nitrogen and oxygen atoms in total. The first kappa shape index (κ1) is 4.98. The van der Waals surface area contributed by atoms with Crippen LogP contribution in [0.1, 0.15) is 20.3 Å². The highest BCUT2D eigenvalue weighted by atomic mass is 14.8. The Morgan fingerprint density at radius 2 is 2.11 bits per heavy atom. The molecule has 0 unspecified atom stereocenters. The lowest BCUT2D eigenvalue weighted by Crippen LogP contribution is -2.02. The lowest BCUT2D eigenvalue weighted by atomic mass is 9.87. The molecule has 0 fully saturated rings. The lowest BCUT2D eigenvalue weighted by molar-refractivity contribution is 1.09. The summed E-state index contributed by atoms with van der Waals surface area (Å²) in [5.74, 6) is 0. The van der Waals surface area contributed by atoms with Gasteiger partial charge in [0.05, 0.1) is 5.70 Å². The molecule has 0 aromatic rings. The van der Waals surface area contributed by atoms with Gasteiger partial charge in [-0.1, -0.05) is 0 Å². The van der Waals surface area contributed by atoms with Crippen molar-refractivity contribution in [3.8, 4) is 0 Å². The normalized spacial score (nSPS) is 22.9. The zero-order valence-corrected chi connectivity index (χ0v) is 5.73. The Morgan fingerprint density at radius 3 is 2.78 bits per heavy atom. The molecule has 0 amide bonds. The van der Waals surface area contributed by atoms with Gasteiger partial charge in [0, 0.05) is 12.6 Å². The van der Waals surface area contributed by atoms with E-state index in [2.05, 4.69) is 18.8 Å². The number of rotatable bonds is 0. The van der Waals surface area contributed by atoms with Crippen molar-refractivity contribution in [2.45, 2.75) is 20.3 Å². The SMILES string of the molecule is CC1=C2CC=NC2=C1C. The van der Waals surface area contributed by atoms with Gasteiger partial charge in [0.2, 0.25) is 0 Å². The Bertz CT molecular complexity index is 244. The van der Waals surface area contributed by atoms with Crippen LogP contribution in [0.3, 0.4) is 0 Å². The summed E-state index contributed by atoms with van der Waals surface area (Å²) >= 11 is 0. The van der Waals surface area contributed by atoms with Crippen LogP contribution in [-0.2, 0) is 0 Å². The molecule has 0 saturated heterocycles. The van der Waals surface area contributed by atoms with Crippen LogP contribution in [0.5, 0.6) is 0 Å². The van der Waals surface area contributed by atoms with Crippen molar-refractivity contribution in [1.29, 1.82) is 0 Å². The van der Waals surface area contributed by atoms with E-state index in [0.29, 0.717) is 0 Å². The van der Waals surface area contributed by atoms with Gasteiger partial charge in [-0.2, -0.15) is 0 Å². The fraction of sp³-hybridized carbons (Fsp3) is 0.375. The maximum Gasteiger partial charge on any atom is 0.0696 e. The summed E-state index contributed by atoms with van der Waals surface area (Å²) in [4.78, 5) is 4.23. The van der Waals surface area contributed by atoms with E-state index in [1.54, 1.807) is 0 Å². The Morgan fingerprint density at radius 1 is 1.33 bits per heavy atom. The molecule has 0 radical (unpaired) electrons. The predicted octanol–water partition coefficient (Wildman–Crippen LogP) is 2.06. The zero-order valence-electron chi connectivity index (χ0n) is 5.73. The fourth-order valence-electron chi connectivity index (χ4n) is 1.40. The Hall–Kier alpha value is -0.850. The summed E-state index contributed by atoms with van der Waals surface area (Å²) in [6.07, 6.45) is 3.06. The van der Waals surface area contributed by atoms with Crippen molar-refractivity contribution in [2.24, 2.45) is 4.99 Å². The van der Waals surface area contributed by atoms with Crippen LogP contribution in [0.4, 0.5) is 0 Å². The van der Waals surface area contributed by atoms with Gasteiger partial charge < -0.3 is 0 Å². The van der Waals surface area contributed by atoms with Gasteiger partial charge in [0.25, 0.3) is 0 Å². The highest BCUT2D eigenvalue weighted by Gasteiger charge is 2.24. The minimum atomic E-state index is 1.07. The van der Waals surface area contributed by atoms with Crippen LogP contribution in [-0.4, -0.2) is 6.21 Å². The summed E-state index contributed by atoms with van der Waals surface area (Å²) in [6.45, 7) is 4.31. The van der Waals surface area contributed by atoms with Crippen molar-refractivity contribution in [2.75, 3.05) is 0 Å². The highest BCUT2D eigenvalue weighted by Crippen LogP contribution is 2.39. The molecule has 0 aromatic heterocycles. The molecule has 0 aromatic carbocycles. The average Bonchev–Trinajstić information content (AvgIpc) is 2.30. The van der Waals surface area contributed by atoms with Crippen molar-refractivity contribution >= 4 is 6.21 Å². The third-order valence-electron chi connectivity index (χ3n) is 2.17. The topological polar surface area (TPSA) is 12.4 Å². The zero-order chi connectivity index (χ0) is 6.43. The molecule has 0 saturated carbocycles. The molecule has 0 atom stereocenters. The first-order valence-electron chi connectivity index (χ1n) is 3.24. The maximum atomic E-state index is 4.23. The van der Waals surface area contributed by atoms with Crippen LogP contribution >= 0.6 is 0 Å². The van der Waals surface area contributed by atoms with Gasteiger partial charge in [-0.15, -0.1) is 0 Å². The first-order chi connectivity index (χ1) is 4.30. The fourth-order valence-corrected chi connectivity index (χ4v) is 1.40. The molecule has 0 N–H and O–H groups in total. The summed E-state index contributed by atoms with van der Waals surface area (Å²) in [5.41, 5.74) is 5.57. The van der Waals surface area contributed by atoms with Crippen LogP contribution in [0.15, 0.2) is 27.4 Å². The van der Waals surface area contributed by atoms with E-state index < -0.39 is 0 Å². The van der Waals surface area contributed by atoms with Gasteiger partial charge in [-0.25, -0.2) is 0 Å². The number of nitrogens with zero attached hydrogens (tertiary/aromatic N) is 1. The molecule has 9 heavy (non-hydrogen) atoms. The standard InChI is InChI=1S/C8H9N/c1-5-6(2)8-7(5)3-4-9-8/h4H,3H2,1-2H3. The molecule has 1 heteroatoms. The molecule has 1 aliphatic heterocycles. The third-order valence-corrected chi connectivity index (χ3v) is 2.17. The molecule has 46 valence electrons. The van der Waals surface area contributed by atoms with Gasteiger partial charge in [0.15, 0.2) is 0 Å². The Labute approximate surface area is 54.8 Å². The van der Waals surface area contributed by atoms with Crippen LogP contribution in [0.2, 0.25) is 0 Å². The number of allylic oxidation sites excluding steroid dienone is 3. The van der Waals surface area contributed by atoms with Crippen molar-refractivity contribution in [1.82, 2.24) is 0 Å². The number of fused-ring (bicyclic) bond motifs is 1. The molecular weight excluding hydrogens is 110 g/mol. The smallest absolute Gasteiger partial charge is 0.0696 e. The quantitative estimate of drug-likeness (QED) is 0.463. The van der Waals surface area contributed by atoms with E-state index in [9.17, 15) is 0 Å². The molecule has 2 aliphatic rings. The average molecular weight is 119 g/mol. The monoisotopic (exact) mass is 119 g/mol. The van der Waals surface area contributed by atoms with E-state index in [0.717, 1.165) is 6.42 Å². The van der Waals surface area contributed by atoms with E-state index in [4.69, 9.17) is 0 Å². The van der Waals surface area contributed by atoms with Crippen LogP contribution in [0.25, 0.3) is 0 Å². The summed E-state index contributed by atoms with van der Waals surface area (Å²) in [6, 6.07) is 0. The first-order valence-corrected chi connectivity index (χ1v) is 3.24. The van der Waals surface area contributed by atoms with E-state index in [-0.39, 0.29) is 0 Å². The number of aliphatic imine (C=N–C) groups is 1. The van der Waals surface area contributed by atoms with Gasteiger partial charge >= 0.3 is 0 Å². The Kier molecular flexibility index (Phi) is 0.747. The number of hydrogen-bond acceptors (Lipinski definition) is 1. The maximum absolute atomic E-state index is 4.23. The van der Waals surface area contributed by atoms with Crippen LogP contribution < -0.4 is 0 Å². The van der Waals surface area contributed by atoms with E-state index in [1.165, 1.54) is 22.4 Å². The Balaban J connectivity index is 2.47. The molecule has 0 spiro atoms. The lowest BCUT2D eigenvalue weighted by Gasteiger charge is -2.19. The second kappa shape index (κ2) is 1.35. The second-order valence-electron chi connectivity index (χ2n) is 2.59. The minimum Gasteiger partial charge on any atom is -0.260 e.